The fourth-order valence-corrected chi connectivity index (χ4v) is 3.84. The van der Waals surface area contributed by atoms with Crippen molar-refractivity contribution in [1.82, 2.24) is 0 Å². The first-order valence-corrected chi connectivity index (χ1v) is 11.5. The minimum absolute atomic E-state index is 0.0206. The summed E-state index contributed by atoms with van der Waals surface area (Å²) in [6.45, 7) is 3.65. The van der Waals surface area contributed by atoms with E-state index in [0.717, 1.165) is 6.42 Å². The van der Waals surface area contributed by atoms with E-state index in [1.807, 2.05) is 26.0 Å². The number of carbonyl (C=O) groups excluding carboxylic acids is 1. The van der Waals surface area contributed by atoms with Gasteiger partial charge in [0.2, 0.25) is 0 Å². The molecular weight excluding hydrogens is 436 g/mol. The molecule has 0 unspecified atom stereocenters. The van der Waals surface area contributed by atoms with Crippen LogP contribution < -0.4 is 4.74 Å². The van der Waals surface area contributed by atoms with E-state index in [4.69, 9.17) is 25.8 Å². The Hall–Kier alpha value is -1.64. The number of aliphatic hydroxyl groups is 3. The number of rotatable bonds is 13. The van der Waals surface area contributed by atoms with E-state index in [2.05, 4.69) is 0 Å². The second-order valence-corrected chi connectivity index (χ2v) is 8.83. The number of allylic oxidation sites excluding steroid dienone is 2. The summed E-state index contributed by atoms with van der Waals surface area (Å²) >= 11 is 5.91. The Morgan fingerprint density at radius 2 is 2.00 bits per heavy atom. The number of ether oxygens (including phenoxy) is 3. The summed E-state index contributed by atoms with van der Waals surface area (Å²) in [5.41, 5.74) is 0. The summed E-state index contributed by atoms with van der Waals surface area (Å²) in [4.78, 5) is 11.5. The van der Waals surface area contributed by atoms with Crippen LogP contribution in [-0.2, 0) is 14.3 Å². The van der Waals surface area contributed by atoms with Crippen LogP contribution in [0.1, 0.15) is 46.0 Å². The predicted molar refractivity (Wildman–Crippen MR) is 122 cm³/mol. The predicted octanol–water partition coefficient (Wildman–Crippen LogP) is 3.27. The van der Waals surface area contributed by atoms with Crippen LogP contribution in [0, 0.1) is 5.92 Å². The quantitative estimate of drug-likeness (QED) is 0.231. The van der Waals surface area contributed by atoms with E-state index in [-0.39, 0.29) is 37.6 Å². The van der Waals surface area contributed by atoms with Crippen LogP contribution >= 0.6 is 11.6 Å². The van der Waals surface area contributed by atoms with Gasteiger partial charge >= 0.3 is 5.97 Å². The molecule has 1 fully saturated rings. The summed E-state index contributed by atoms with van der Waals surface area (Å²) in [5.74, 6) is 0.0793. The van der Waals surface area contributed by atoms with Crippen LogP contribution in [0.25, 0.3) is 0 Å². The lowest BCUT2D eigenvalue weighted by Crippen LogP contribution is -2.34. The van der Waals surface area contributed by atoms with Crippen molar-refractivity contribution in [3.8, 4) is 5.75 Å². The number of hydrogen-bond donors (Lipinski definition) is 3. The monoisotopic (exact) mass is 470 g/mol. The summed E-state index contributed by atoms with van der Waals surface area (Å²) in [7, 11) is 0. The highest BCUT2D eigenvalue weighted by molar-refractivity contribution is 6.30. The van der Waals surface area contributed by atoms with Gasteiger partial charge in [-0.3, -0.25) is 4.79 Å². The molecule has 32 heavy (non-hydrogen) atoms. The Balaban J connectivity index is 1.72. The fraction of sp³-hybridized carbons (Fsp3) is 0.625. The molecule has 0 aliphatic heterocycles. The van der Waals surface area contributed by atoms with Crippen molar-refractivity contribution in [1.29, 1.82) is 0 Å². The lowest BCUT2D eigenvalue weighted by molar-refractivity contribution is -0.147. The van der Waals surface area contributed by atoms with Crippen molar-refractivity contribution >= 4 is 17.6 Å². The Kier molecular flexibility index (Phi) is 11.5. The average molecular weight is 471 g/mol. The topological polar surface area (TPSA) is 105 Å². The standard InChI is InChI=1S/C24H35ClO7/c1-16(2)32-23(29)11-6-4-3-5-10-20-21(27)13-22(28)24(20)31-15-18(26)14-30-19-9-7-8-17(25)12-19/h3,5,7-9,12,16,18,20-22,24,26-28H,4,6,10-11,13-15H2,1-2H3/b5-3-/t18-,20-,21-,22+,24+/m0/s1. The molecule has 0 amide bonds. The molecule has 1 aliphatic rings. The second kappa shape index (κ2) is 13.8. The Morgan fingerprint density at radius 3 is 2.72 bits per heavy atom. The lowest BCUT2D eigenvalue weighted by Gasteiger charge is -2.24. The highest BCUT2D eigenvalue weighted by Crippen LogP contribution is 2.32. The van der Waals surface area contributed by atoms with Crippen molar-refractivity contribution in [2.24, 2.45) is 5.92 Å². The molecule has 0 radical (unpaired) electrons. The van der Waals surface area contributed by atoms with Gasteiger partial charge < -0.3 is 29.5 Å². The van der Waals surface area contributed by atoms with Crippen molar-refractivity contribution < 1.29 is 34.3 Å². The minimum atomic E-state index is -0.888. The first kappa shape index (κ1) is 26.6. The van der Waals surface area contributed by atoms with Crippen molar-refractivity contribution in [3.63, 3.8) is 0 Å². The van der Waals surface area contributed by atoms with Crippen LogP contribution in [0.4, 0.5) is 0 Å². The molecule has 0 bridgehead atoms. The molecule has 0 heterocycles. The van der Waals surface area contributed by atoms with Gasteiger partial charge in [-0.2, -0.15) is 0 Å². The largest absolute Gasteiger partial charge is 0.491 e. The number of benzene rings is 1. The SMILES string of the molecule is CC(C)OC(=O)CCC/C=C\C[C@@H]1[C@@H](OC[C@@H](O)COc2cccc(Cl)c2)[C@H](O)C[C@@H]1O. The van der Waals surface area contributed by atoms with Crippen LogP contribution in [-0.4, -0.2) is 65.0 Å². The molecular formula is C24H35ClO7. The molecule has 1 aromatic rings. The number of carbonyl (C=O) groups is 1. The molecule has 1 aromatic carbocycles. The van der Waals surface area contributed by atoms with E-state index in [0.29, 0.717) is 30.0 Å². The van der Waals surface area contributed by atoms with Crippen LogP contribution in [0.15, 0.2) is 36.4 Å². The second-order valence-electron chi connectivity index (χ2n) is 8.39. The molecule has 180 valence electrons. The van der Waals surface area contributed by atoms with E-state index in [1.54, 1.807) is 24.3 Å². The molecule has 8 heteroatoms. The van der Waals surface area contributed by atoms with Gasteiger partial charge in [-0.05, 0) is 51.3 Å². The zero-order valence-corrected chi connectivity index (χ0v) is 19.5. The molecule has 0 saturated heterocycles. The van der Waals surface area contributed by atoms with Crippen molar-refractivity contribution in [2.45, 2.75) is 76.5 Å². The number of unbranched alkanes of at least 4 members (excludes halogenated alkanes) is 1. The molecule has 1 aliphatic carbocycles. The van der Waals surface area contributed by atoms with Gasteiger partial charge in [-0.1, -0.05) is 29.8 Å². The highest BCUT2D eigenvalue weighted by Gasteiger charge is 2.42. The Labute approximate surface area is 194 Å². The van der Waals surface area contributed by atoms with Crippen molar-refractivity contribution in [2.75, 3.05) is 13.2 Å². The first-order valence-electron chi connectivity index (χ1n) is 11.1. The Morgan fingerprint density at radius 1 is 1.22 bits per heavy atom. The van der Waals surface area contributed by atoms with Crippen molar-refractivity contribution in [3.05, 3.63) is 41.4 Å². The van der Waals surface area contributed by atoms with E-state index in [1.165, 1.54) is 0 Å². The highest BCUT2D eigenvalue weighted by atomic mass is 35.5. The van der Waals surface area contributed by atoms with Gasteiger partial charge in [-0.25, -0.2) is 0 Å². The average Bonchev–Trinajstić information content (AvgIpc) is 2.99. The maximum absolute atomic E-state index is 11.5. The fourth-order valence-electron chi connectivity index (χ4n) is 3.66. The zero-order chi connectivity index (χ0) is 23.5. The summed E-state index contributed by atoms with van der Waals surface area (Å²) in [6.07, 6.45) is 3.42. The molecule has 1 saturated carbocycles. The van der Waals surface area contributed by atoms with E-state index in [9.17, 15) is 20.1 Å². The third-order valence-corrected chi connectivity index (χ3v) is 5.43. The van der Waals surface area contributed by atoms with E-state index < -0.39 is 24.4 Å². The molecule has 0 spiro atoms. The zero-order valence-electron chi connectivity index (χ0n) is 18.7. The lowest BCUT2D eigenvalue weighted by atomic mass is 9.98. The number of hydrogen-bond acceptors (Lipinski definition) is 7. The number of halogens is 1. The molecule has 5 atom stereocenters. The Bertz CT molecular complexity index is 724. The van der Waals surface area contributed by atoms with Gasteiger partial charge in [-0.15, -0.1) is 0 Å². The normalized spacial score (nSPS) is 24.2. The third kappa shape index (κ3) is 9.46. The van der Waals surface area contributed by atoms with Gasteiger partial charge in [0.25, 0.3) is 0 Å². The molecule has 2 rings (SSSR count). The molecule has 3 N–H and O–H groups in total. The number of aliphatic hydroxyl groups excluding tert-OH is 3. The van der Waals surface area contributed by atoms with Crippen LogP contribution in [0.3, 0.4) is 0 Å². The van der Waals surface area contributed by atoms with Crippen LogP contribution in [0.2, 0.25) is 5.02 Å². The van der Waals surface area contributed by atoms with Gasteiger partial charge in [0.05, 0.1) is 31.0 Å². The maximum Gasteiger partial charge on any atom is 0.306 e. The maximum atomic E-state index is 11.5. The molecule has 7 nitrogen and oxygen atoms in total. The van der Waals surface area contributed by atoms with Gasteiger partial charge in [0.15, 0.2) is 0 Å². The minimum Gasteiger partial charge on any atom is -0.491 e. The third-order valence-electron chi connectivity index (χ3n) is 5.19. The van der Waals surface area contributed by atoms with Gasteiger partial charge in [0, 0.05) is 23.8 Å². The summed E-state index contributed by atoms with van der Waals surface area (Å²) in [6, 6.07) is 6.89. The summed E-state index contributed by atoms with van der Waals surface area (Å²) < 4.78 is 16.4. The first-order chi connectivity index (χ1) is 15.3. The molecule has 0 aromatic heterocycles. The number of esters is 1. The van der Waals surface area contributed by atoms with Crippen LogP contribution in [0.5, 0.6) is 5.75 Å². The van der Waals surface area contributed by atoms with E-state index >= 15 is 0 Å². The summed E-state index contributed by atoms with van der Waals surface area (Å²) in [5, 5.41) is 31.3. The smallest absolute Gasteiger partial charge is 0.306 e. The van der Waals surface area contributed by atoms with Gasteiger partial charge in [0.1, 0.15) is 18.5 Å².